The smallest absolute Gasteiger partial charge is 0.252 e. The molecule has 4 fully saturated rings. The summed E-state index contributed by atoms with van der Waals surface area (Å²) in [6.07, 6.45) is -10.7. The minimum absolute atomic E-state index is 0.0315. The van der Waals surface area contributed by atoms with E-state index in [-0.39, 0.29) is 51.4 Å². The molecule has 0 aromatic rings. The second-order valence-corrected chi connectivity index (χ2v) is 12.2. The molecule has 1 unspecified atom stereocenters. The lowest BCUT2D eigenvalue weighted by Gasteiger charge is -2.52. The van der Waals surface area contributed by atoms with Gasteiger partial charge in [0.05, 0.1) is 49.7 Å². The predicted molar refractivity (Wildman–Crippen MR) is 144 cm³/mol. The Labute approximate surface area is 243 Å². The molecule has 4 rings (SSSR count). The molecular formula is C25H48N6O11. The average molecular weight is 609 g/mol. The van der Waals surface area contributed by atoms with Crippen molar-refractivity contribution in [2.75, 3.05) is 26.3 Å². The van der Waals surface area contributed by atoms with Gasteiger partial charge >= 0.3 is 0 Å². The minimum Gasteiger partial charge on any atom is -0.395 e. The van der Waals surface area contributed by atoms with E-state index in [2.05, 4.69) is 10.6 Å². The van der Waals surface area contributed by atoms with E-state index < -0.39 is 103 Å². The highest BCUT2D eigenvalue weighted by Gasteiger charge is 2.55. The van der Waals surface area contributed by atoms with Gasteiger partial charge in [-0.3, -0.25) is 4.79 Å². The third-order valence-electron chi connectivity index (χ3n) is 9.03. The van der Waals surface area contributed by atoms with Crippen molar-refractivity contribution in [3.8, 4) is 0 Å². The van der Waals surface area contributed by atoms with Crippen LogP contribution in [0.2, 0.25) is 0 Å². The van der Waals surface area contributed by atoms with E-state index in [1.54, 1.807) is 0 Å². The van der Waals surface area contributed by atoms with E-state index in [0.717, 1.165) is 0 Å². The molecule has 2 saturated heterocycles. The maximum absolute atomic E-state index is 13.1. The Bertz CT molecular complexity index is 901. The molecule has 2 saturated carbocycles. The molecule has 2 aliphatic carbocycles. The molecule has 0 spiro atoms. The largest absolute Gasteiger partial charge is 0.395 e. The van der Waals surface area contributed by atoms with Crippen LogP contribution in [0.3, 0.4) is 0 Å². The summed E-state index contributed by atoms with van der Waals surface area (Å²) in [4.78, 5) is 13.1. The Balaban J connectivity index is 1.58. The zero-order chi connectivity index (χ0) is 30.9. The van der Waals surface area contributed by atoms with Crippen LogP contribution in [0.25, 0.3) is 0 Å². The quantitative estimate of drug-likeness (QED) is 0.102. The molecule has 17 N–H and O–H groups in total. The Hall–Kier alpha value is -1.13. The van der Waals surface area contributed by atoms with Gasteiger partial charge in [-0.1, -0.05) is 0 Å². The van der Waals surface area contributed by atoms with Crippen LogP contribution < -0.4 is 33.6 Å². The van der Waals surface area contributed by atoms with Gasteiger partial charge in [-0.2, -0.15) is 0 Å². The SMILES string of the molecule is NC1CC(O)(C(=O)N[C@@H]2C[C@H](N)C([C@H]3O[C@H](CNCCO)[C@@H](O)C[C@H]3N)[C@H](O)[C@H]2O[C@H]2O[C@H](CO)[C@@H](O)[C@H](N)[C@H]2O)C1. The Kier molecular flexibility index (Phi) is 11.2. The molecule has 2 aliphatic heterocycles. The molecule has 0 aromatic carbocycles. The number of aliphatic hydroxyl groups excluding tert-OH is 6. The molecule has 2 heterocycles. The number of hydrogen-bond acceptors (Lipinski definition) is 16. The second kappa shape index (κ2) is 13.9. The summed E-state index contributed by atoms with van der Waals surface area (Å²) >= 11 is 0. The number of nitrogens with one attached hydrogen (secondary N) is 2. The summed E-state index contributed by atoms with van der Waals surface area (Å²) in [6.45, 7) is -0.265. The number of nitrogens with two attached hydrogens (primary N) is 4. The third-order valence-corrected chi connectivity index (χ3v) is 9.03. The zero-order valence-electron chi connectivity index (χ0n) is 23.4. The number of carbonyl (C=O) groups is 1. The first kappa shape index (κ1) is 33.8. The van der Waals surface area contributed by atoms with E-state index in [0.29, 0.717) is 0 Å². The minimum atomic E-state index is -1.70. The van der Waals surface area contributed by atoms with Crippen molar-refractivity contribution in [2.24, 2.45) is 28.9 Å². The molecule has 0 radical (unpaired) electrons. The highest BCUT2D eigenvalue weighted by molar-refractivity contribution is 5.86. The Morgan fingerprint density at radius 3 is 2.24 bits per heavy atom. The summed E-state index contributed by atoms with van der Waals surface area (Å²) in [5.74, 6) is -1.60. The number of ether oxygens (including phenoxy) is 3. The Morgan fingerprint density at radius 2 is 1.62 bits per heavy atom. The Morgan fingerprint density at radius 1 is 0.929 bits per heavy atom. The maximum atomic E-state index is 13.1. The van der Waals surface area contributed by atoms with Gasteiger partial charge in [0.15, 0.2) is 6.29 Å². The summed E-state index contributed by atoms with van der Waals surface area (Å²) < 4.78 is 17.8. The second-order valence-electron chi connectivity index (χ2n) is 12.2. The molecule has 14 atom stereocenters. The van der Waals surface area contributed by atoms with E-state index in [1.165, 1.54) is 0 Å². The summed E-state index contributed by atoms with van der Waals surface area (Å²) in [7, 11) is 0. The van der Waals surface area contributed by atoms with Crippen molar-refractivity contribution in [1.29, 1.82) is 0 Å². The van der Waals surface area contributed by atoms with Gasteiger partial charge in [0.25, 0.3) is 5.91 Å². The highest BCUT2D eigenvalue weighted by Crippen LogP contribution is 2.38. The van der Waals surface area contributed by atoms with Crippen LogP contribution in [0.15, 0.2) is 0 Å². The molecule has 0 aromatic heterocycles. The van der Waals surface area contributed by atoms with E-state index >= 15 is 0 Å². The first-order valence-corrected chi connectivity index (χ1v) is 14.5. The zero-order valence-corrected chi connectivity index (χ0v) is 23.4. The summed E-state index contributed by atoms with van der Waals surface area (Å²) in [6, 6.07) is -4.12. The van der Waals surface area contributed by atoms with Crippen molar-refractivity contribution >= 4 is 5.91 Å². The van der Waals surface area contributed by atoms with Crippen LogP contribution in [0.5, 0.6) is 0 Å². The van der Waals surface area contributed by atoms with Gasteiger partial charge in [0.1, 0.15) is 30.0 Å². The van der Waals surface area contributed by atoms with E-state index in [9.17, 15) is 35.4 Å². The lowest BCUT2D eigenvalue weighted by atomic mass is 9.71. The maximum Gasteiger partial charge on any atom is 0.252 e. The van der Waals surface area contributed by atoms with Crippen molar-refractivity contribution in [1.82, 2.24) is 10.6 Å². The van der Waals surface area contributed by atoms with E-state index in [4.69, 9.17) is 42.3 Å². The van der Waals surface area contributed by atoms with Crippen LogP contribution in [-0.4, -0.2) is 159 Å². The standard InChI is InChI=1S/C25H48N6O11/c26-9-5-25(39,6-9)24(38)31-12-3-10(27)16(21-11(28)4-13(34)14(40-21)7-30-1-2-32)19(36)22(12)42-23-20(37)17(29)18(35)15(8-33)41-23/h9-23,30,32-37,39H,1-8,26-29H2,(H,31,38)/t9?,10-,11+,12+,13-,14+,15+,16?,17-,18+,19-,20+,21-,22-,23+,25?/m0/s1. The molecule has 42 heavy (non-hydrogen) atoms. The number of rotatable bonds is 10. The van der Waals surface area contributed by atoms with Crippen molar-refractivity contribution in [2.45, 2.75) is 117 Å². The molecule has 0 bridgehead atoms. The number of hydrogen-bond donors (Lipinski definition) is 13. The molecule has 244 valence electrons. The van der Waals surface area contributed by atoms with Crippen molar-refractivity contribution in [3.05, 3.63) is 0 Å². The fourth-order valence-corrected chi connectivity index (χ4v) is 6.57. The molecule has 4 aliphatic rings. The summed E-state index contributed by atoms with van der Waals surface area (Å²) in [5, 5.41) is 78.3. The number of aliphatic hydroxyl groups is 7. The highest BCUT2D eigenvalue weighted by atomic mass is 16.7. The van der Waals surface area contributed by atoms with Gasteiger partial charge in [-0.25, -0.2) is 0 Å². The van der Waals surface area contributed by atoms with Crippen LogP contribution in [0.4, 0.5) is 0 Å². The van der Waals surface area contributed by atoms with Crippen LogP contribution in [-0.2, 0) is 19.0 Å². The van der Waals surface area contributed by atoms with E-state index in [1.807, 2.05) is 0 Å². The van der Waals surface area contributed by atoms with Crippen molar-refractivity contribution < 1.29 is 54.8 Å². The molecular weight excluding hydrogens is 560 g/mol. The number of amides is 1. The van der Waals surface area contributed by atoms with Crippen LogP contribution in [0, 0.1) is 5.92 Å². The molecule has 1 amide bonds. The fraction of sp³-hybridized carbons (Fsp3) is 0.960. The first-order valence-electron chi connectivity index (χ1n) is 14.5. The van der Waals surface area contributed by atoms with Crippen LogP contribution in [0.1, 0.15) is 25.7 Å². The fourth-order valence-electron chi connectivity index (χ4n) is 6.57. The van der Waals surface area contributed by atoms with Crippen LogP contribution >= 0.6 is 0 Å². The predicted octanol–water partition coefficient (Wildman–Crippen LogP) is -7.39. The van der Waals surface area contributed by atoms with Crippen molar-refractivity contribution in [3.63, 3.8) is 0 Å². The van der Waals surface area contributed by atoms with Gasteiger partial charge in [0, 0.05) is 50.0 Å². The third kappa shape index (κ3) is 6.90. The topological polar surface area (TPSA) is 315 Å². The number of carbonyl (C=O) groups excluding carboxylic acids is 1. The normalized spacial score (nSPS) is 49.7. The van der Waals surface area contributed by atoms with Gasteiger partial charge in [-0.15, -0.1) is 0 Å². The molecule has 17 heteroatoms. The van der Waals surface area contributed by atoms with Gasteiger partial charge < -0.3 is 83.5 Å². The lowest BCUT2D eigenvalue weighted by molar-refractivity contribution is -0.306. The van der Waals surface area contributed by atoms with Gasteiger partial charge in [0.2, 0.25) is 0 Å². The summed E-state index contributed by atoms with van der Waals surface area (Å²) in [5.41, 5.74) is 22.9. The average Bonchev–Trinajstić information content (AvgIpc) is 2.92. The molecule has 17 nitrogen and oxygen atoms in total. The van der Waals surface area contributed by atoms with Gasteiger partial charge in [-0.05, 0) is 12.8 Å². The monoisotopic (exact) mass is 608 g/mol. The lowest BCUT2D eigenvalue weighted by Crippen LogP contribution is -2.71. The first-order chi connectivity index (χ1) is 19.8.